The summed E-state index contributed by atoms with van der Waals surface area (Å²) in [7, 11) is 0. The molecule has 3 nitrogen and oxygen atoms in total. The maximum atomic E-state index is 13.7. The van der Waals surface area contributed by atoms with Crippen molar-refractivity contribution in [3.8, 4) is 0 Å². The molecule has 27 heavy (non-hydrogen) atoms. The Morgan fingerprint density at radius 1 is 1.15 bits per heavy atom. The molecule has 0 aliphatic carbocycles. The van der Waals surface area contributed by atoms with E-state index in [1.54, 1.807) is 0 Å². The molecule has 0 unspecified atom stereocenters. The third-order valence-corrected chi connectivity index (χ3v) is 5.67. The molecule has 0 amide bonds. The van der Waals surface area contributed by atoms with Crippen LogP contribution in [0.15, 0.2) is 30.3 Å². The first-order valence-corrected chi connectivity index (χ1v) is 9.35. The van der Waals surface area contributed by atoms with Gasteiger partial charge in [-0.25, -0.2) is 0 Å². The average Bonchev–Trinajstić information content (AvgIpc) is 2.99. The minimum absolute atomic E-state index is 0.0802. The SMILES string of the molecule is Cc1ccc(C)c(CNc2cc3c(c(C(F)(F)F)c2)N[C@H]2CCNC[C@@H]32)c1. The normalized spacial score (nSPS) is 21.4. The number of alkyl halides is 3. The van der Waals surface area contributed by atoms with Crippen molar-refractivity contribution < 1.29 is 13.2 Å². The van der Waals surface area contributed by atoms with E-state index >= 15 is 0 Å². The highest BCUT2D eigenvalue weighted by atomic mass is 19.4. The molecule has 0 aromatic heterocycles. The van der Waals surface area contributed by atoms with Crippen LogP contribution in [0.5, 0.6) is 0 Å². The molecular weight excluding hydrogens is 351 g/mol. The van der Waals surface area contributed by atoms with Crippen LogP contribution in [0.2, 0.25) is 0 Å². The summed E-state index contributed by atoms with van der Waals surface area (Å²) in [6, 6.07) is 9.36. The number of fused-ring (bicyclic) bond motifs is 3. The van der Waals surface area contributed by atoms with Crippen molar-refractivity contribution in [2.45, 2.75) is 44.9 Å². The fraction of sp³-hybridized carbons (Fsp3) is 0.429. The highest BCUT2D eigenvalue weighted by Gasteiger charge is 2.42. The van der Waals surface area contributed by atoms with Crippen molar-refractivity contribution in [2.24, 2.45) is 0 Å². The third kappa shape index (κ3) is 3.50. The van der Waals surface area contributed by atoms with Crippen LogP contribution < -0.4 is 16.0 Å². The molecule has 2 aliphatic rings. The number of piperidine rings is 1. The molecule has 2 aliphatic heterocycles. The van der Waals surface area contributed by atoms with Gasteiger partial charge in [-0.2, -0.15) is 13.2 Å². The number of hydrogen-bond acceptors (Lipinski definition) is 3. The molecule has 2 aromatic carbocycles. The number of aryl methyl sites for hydroxylation is 2. The summed E-state index contributed by atoms with van der Waals surface area (Å²) in [5.74, 6) is 0.0808. The lowest BCUT2D eigenvalue weighted by Crippen LogP contribution is -2.38. The van der Waals surface area contributed by atoms with Crippen molar-refractivity contribution >= 4 is 11.4 Å². The van der Waals surface area contributed by atoms with Crippen LogP contribution in [0.3, 0.4) is 0 Å². The monoisotopic (exact) mass is 375 g/mol. The molecule has 0 bridgehead atoms. The molecule has 4 rings (SSSR count). The fourth-order valence-electron chi connectivity index (χ4n) is 4.18. The van der Waals surface area contributed by atoms with Gasteiger partial charge in [-0.15, -0.1) is 0 Å². The Hall–Kier alpha value is -2.21. The molecule has 0 radical (unpaired) electrons. The lowest BCUT2D eigenvalue weighted by atomic mass is 9.89. The molecule has 2 aromatic rings. The summed E-state index contributed by atoms with van der Waals surface area (Å²) in [6.07, 6.45) is -3.54. The molecule has 6 heteroatoms. The van der Waals surface area contributed by atoms with Gasteiger partial charge in [0.1, 0.15) is 0 Å². The summed E-state index contributed by atoms with van der Waals surface area (Å²) >= 11 is 0. The second-order valence-electron chi connectivity index (χ2n) is 7.62. The van der Waals surface area contributed by atoms with Crippen LogP contribution in [-0.4, -0.2) is 19.1 Å². The van der Waals surface area contributed by atoms with Crippen molar-refractivity contribution in [3.63, 3.8) is 0 Å². The zero-order valence-corrected chi connectivity index (χ0v) is 15.5. The van der Waals surface area contributed by atoms with Crippen molar-refractivity contribution in [3.05, 3.63) is 58.1 Å². The van der Waals surface area contributed by atoms with E-state index in [1.807, 2.05) is 32.0 Å². The van der Waals surface area contributed by atoms with Gasteiger partial charge in [0.15, 0.2) is 0 Å². The molecule has 2 heterocycles. The summed E-state index contributed by atoms with van der Waals surface area (Å²) < 4.78 is 41.1. The maximum Gasteiger partial charge on any atom is 0.418 e. The van der Waals surface area contributed by atoms with Gasteiger partial charge in [0.25, 0.3) is 0 Å². The number of halogens is 3. The zero-order valence-electron chi connectivity index (χ0n) is 15.5. The van der Waals surface area contributed by atoms with Crippen LogP contribution in [-0.2, 0) is 12.7 Å². The van der Waals surface area contributed by atoms with E-state index < -0.39 is 11.7 Å². The van der Waals surface area contributed by atoms with Gasteiger partial charge < -0.3 is 16.0 Å². The van der Waals surface area contributed by atoms with Gasteiger partial charge in [-0.1, -0.05) is 23.8 Å². The summed E-state index contributed by atoms with van der Waals surface area (Å²) in [4.78, 5) is 0. The van der Waals surface area contributed by atoms with E-state index in [1.165, 1.54) is 6.07 Å². The molecular formula is C21H24F3N3. The van der Waals surface area contributed by atoms with Gasteiger partial charge in [-0.3, -0.25) is 0 Å². The number of rotatable bonds is 3. The Kier molecular flexibility index (Phi) is 4.54. The lowest BCUT2D eigenvalue weighted by Gasteiger charge is -2.26. The zero-order chi connectivity index (χ0) is 19.2. The van der Waals surface area contributed by atoms with Crippen LogP contribution in [0, 0.1) is 13.8 Å². The maximum absolute atomic E-state index is 13.7. The summed E-state index contributed by atoms with van der Waals surface area (Å²) in [6.45, 7) is 6.08. The highest BCUT2D eigenvalue weighted by Crippen LogP contribution is 2.47. The minimum Gasteiger partial charge on any atom is -0.381 e. The molecule has 144 valence electrons. The summed E-state index contributed by atoms with van der Waals surface area (Å²) in [5, 5.41) is 9.66. The van der Waals surface area contributed by atoms with E-state index in [9.17, 15) is 13.2 Å². The Morgan fingerprint density at radius 3 is 2.74 bits per heavy atom. The van der Waals surface area contributed by atoms with Crippen molar-refractivity contribution in [1.82, 2.24) is 5.32 Å². The lowest BCUT2D eigenvalue weighted by molar-refractivity contribution is -0.136. The van der Waals surface area contributed by atoms with E-state index in [4.69, 9.17) is 0 Å². The van der Waals surface area contributed by atoms with Crippen LogP contribution >= 0.6 is 0 Å². The second-order valence-corrected chi connectivity index (χ2v) is 7.62. The predicted octanol–water partition coefficient (Wildman–Crippen LogP) is 4.81. The third-order valence-electron chi connectivity index (χ3n) is 5.67. The van der Waals surface area contributed by atoms with Gasteiger partial charge in [0.2, 0.25) is 0 Å². The molecule has 2 atom stereocenters. The topological polar surface area (TPSA) is 36.1 Å². The first-order chi connectivity index (χ1) is 12.8. The largest absolute Gasteiger partial charge is 0.418 e. The Morgan fingerprint density at radius 2 is 1.96 bits per heavy atom. The number of anilines is 2. The molecule has 0 saturated carbocycles. The number of benzene rings is 2. The van der Waals surface area contributed by atoms with Crippen molar-refractivity contribution in [2.75, 3.05) is 23.7 Å². The smallest absolute Gasteiger partial charge is 0.381 e. The summed E-state index contributed by atoms with van der Waals surface area (Å²) in [5.41, 5.74) is 4.35. The molecule has 0 spiro atoms. The molecule has 3 N–H and O–H groups in total. The standard InChI is InChI=1S/C21H24F3N3/c1-12-3-4-13(2)14(7-12)10-26-15-8-16-17-11-25-6-5-19(17)27-20(16)18(9-15)21(22,23)24/h3-4,7-9,17,19,25-27H,5-6,10-11H2,1-2H3/t17-,19-/m0/s1. The van der Waals surface area contributed by atoms with E-state index in [0.717, 1.165) is 35.2 Å². The van der Waals surface area contributed by atoms with E-state index in [-0.39, 0.29) is 17.6 Å². The van der Waals surface area contributed by atoms with E-state index in [0.29, 0.717) is 18.8 Å². The van der Waals surface area contributed by atoms with E-state index in [2.05, 4.69) is 22.0 Å². The molecule has 1 fully saturated rings. The second kappa shape index (κ2) is 6.75. The predicted molar refractivity (Wildman–Crippen MR) is 102 cm³/mol. The van der Waals surface area contributed by atoms with Gasteiger partial charge in [-0.05, 0) is 55.6 Å². The first-order valence-electron chi connectivity index (χ1n) is 9.35. The van der Waals surface area contributed by atoms with Gasteiger partial charge in [0.05, 0.1) is 11.3 Å². The fourth-order valence-corrected chi connectivity index (χ4v) is 4.18. The quantitative estimate of drug-likeness (QED) is 0.721. The number of hydrogen-bond donors (Lipinski definition) is 3. The van der Waals surface area contributed by atoms with Crippen LogP contribution in [0.1, 0.15) is 40.2 Å². The molecule has 1 saturated heterocycles. The highest BCUT2D eigenvalue weighted by molar-refractivity contribution is 5.71. The minimum atomic E-state index is -4.38. The Labute approximate surface area is 157 Å². The van der Waals surface area contributed by atoms with Crippen LogP contribution in [0.4, 0.5) is 24.5 Å². The van der Waals surface area contributed by atoms with Gasteiger partial charge >= 0.3 is 6.18 Å². The average molecular weight is 375 g/mol. The van der Waals surface area contributed by atoms with Crippen LogP contribution in [0.25, 0.3) is 0 Å². The Balaban J connectivity index is 1.67. The number of nitrogens with one attached hydrogen (secondary N) is 3. The van der Waals surface area contributed by atoms with Gasteiger partial charge in [0, 0.05) is 30.7 Å². The van der Waals surface area contributed by atoms with Crippen molar-refractivity contribution in [1.29, 1.82) is 0 Å². The Bertz CT molecular complexity index is 860. The first kappa shape index (κ1) is 18.2.